The van der Waals surface area contributed by atoms with E-state index in [1.807, 2.05) is 49.4 Å². The molecule has 0 unspecified atom stereocenters. The Morgan fingerprint density at radius 1 is 1.25 bits per heavy atom. The summed E-state index contributed by atoms with van der Waals surface area (Å²) in [5.74, 6) is 0. The lowest BCUT2D eigenvalue weighted by Gasteiger charge is -2.44. The fraction of sp³-hybridized carbons (Fsp3) is 0.316. The first kappa shape index (κ1) is 16.8. The minimum atomic E-state index is -0.938. The Morgan fingerprint density at radius 3 is 2.67 bits per heavy atom. The van der Waals surface area contributed by atoms with Gasteiger partial charge >= 0.3 is 6.09 Å². The summed E-state index contributed by atoms with van der Waals surface area (Å²) in [5, 5.41) is 14.2. The molecule has 1 amide bonds. The number of halogens is 1. The van der Waals surface area contributed by atoms with Gasteiger partial charge in [-0.15, -0.1) is 0 Å². The number of amides is 1. The van der Waals surface area contributed by atoms with Gasteiger partial charge in [-0.25, -0.2) is 4.79 Å². The summed E-state index contributed by atoms with van der Waals surface area (Å²) in [5.41, 5.74) is 1.71. The van der Waals surface area contributed by atoms with E-state index in [9.17, 15) is 9.90 Å². The highest BCUT2D eigenvalue weighted by atomic mass is 35.5. The van der Waals surface area contributed by atoms with Crippen molar-refractivity contribution in [2.24, 2.45) is 0 Å². The van der Waals surface area contributed by atoms with Crippen LogP contribution in [-0.4, -0.2) is 17.2 Å². The van der Waals surface area contributed by atoms with Crippen LogP contribution in [0.15, 0.2) is 48.5 Å². The van der Waals surface area contributed by atoms with Gasteiger partial charge in [0, 0.05) is 23.9 Å². The average Bonchev–Trinajstić information content (AvgIpc) is 2.55. The van der Waals surface area contributed by atoms with E-state index >= 15 is 0 Å². The van der Waals surface area contributed by atoms with Crippen LogP contribution in [0.1, 0.15) is 29.5 Å². The molecule has 1 saturated carbocycles. The van der Waals surface area contributed by atoms with Crippen molar-refractivity contribution < 1.29 is 14.6 Å². The number of alkyl carbamates (subject to hydrolysis) is 1. The Labute approximate surface area is 146 Å². The molecule has 0 aromatic heterocycles. The van der Waals surface area contributed by atoms with Crippen LogP contribution in [0.3, 0.4) is 0 Å². The summed E-state index contributed by atoms with van der Waals surface area (Å²) in [4.78, 5) is 11.9. The van der Waals surface area contributed by atoms with Crippen molar-refractivity contribution in [3.05, 3.63) is 70.2 Å². The van der Waals surface area contributed by atoms with E-state index in [-0.39, 0.29) is 12.6 Å². The molecule has 3 rings (SSSR count). The Kier molecular flexibility index (Phi) is 4.78. The third-order valence-electron chi connectivity index (χ3n) is 4.47. The van der Waals surface area contributed by atoms with E-state index in [1.165, 1.54) is 0 Å². The number of aliphatic hydroxyl groups is 1. The predicted molar refractivity (Wildman–Crippen MR) is 92.9 cm³/mol. The lowest BCUT2D eigenvalue weighted by molar-refractivity contribution is -0.0613. The van der Waals surface area contributed by atoms with Crippen LogP contribution in [-0.2, 0) is 16.9 Å². The molecule has 0 heterocycles. The van der Waals surface area contributed by atoms with Crippen molar-refractivity contribution in [1.82, 2.24) is 5.32 Å². The molecular formula is C19H20ClNO3. The number of rotatable bonds is 4. The monoisotopic (exact) mass is 345 g/mol. The van der Waals surface area contributed by atoms with Crippen molar-refractivity contribution >= 4 is 17.7 Å². The standard InChI is InChI=1S/C19H20ClNO3/c1-13-16(8-5-9-17(13)20)19(23)10-15(11-19)21-18(22)24-12-14-6-3-2-4-7-14/h2-9,15,23H,10-12H2,1H3,(H,21,22). The Balaban J connectivity index is 1.51. The maximum absolute atomic E-state index is 11.9. The number of carbonyl (C=O) groups is 1. The topological polar surface area (TPSA) is 58.6 Å². The van der Waals surface area contributed by atoms with E-state index < -0.39 is 11.7 Å². The summed E-state index contributed by atoms with van der Waals surface area (Å²) < 4.78 is 5.20. The molecule has 0 atom stereocenters. The van der Waals surface area contributed by atoms with Gasteiger partial charge in [-0.1, -0.05) is 54.1 Å². The Morgan fingerprint density at radius 2 is 1.96 bits per heavy atom. The molecule has 1 fully saturated rings. The summed E-state index contributed by atoms with van der Waals surface area (Å²) >= 11 is 6.12. The lowest BCUT2D eigenvalue weighted by atomic mass is 9.70. The molecule has 5 heteroatoms. The van der Waals surface area contributed by atoms with Gasteiger partial charge in [-0.3, -0.25) is 0 Å². The largest absolute Gasteiger partial charge is 0.445 e. The molecule has 126 valence electrons. The average molecular weight is 346 g/mol. The highest BCUT2D eigenvalue weighted by Gasteiger charge is 2.45. The normalized spacial score (nSPS) is 22.5. The van der Waals surface area contributed by atoms with Crippen LogP contribution >= 0.6 is 11.6 Å². The van der Waals surface area contributed by atoms with Crippen LogP contribution in [0.4, 0.5) is 4.79 Å². The maximum atomic E-state index is 11.9. The van der Waals surface area contributed by atoms with Gasteiger partial charge in [0.2, 0.25) is 0 Å². The predicted octanol–water partition coefficient (Wildman–Crippen LogP) is 3.92. The minimum Gasteiger partial charge on any atom is -0.445 e. The molecule has 4 nitrogen and oxygen atoms in total. The summed E-state index contributed by atoms with van der Waals surface area (Å²) in [6, 6.07) is 14.9. The lowest BCUT2D eigenvalue weighted by Crippen LogP contribution is -2.53. The first-order valence-electron chi connectivity index (χ1n) is 7.93. The van der Waals surface area contributed by atoms with Gasteiger partial charge in [0.15, 0.2) is 0 Å². The van der Waals surface area contributed by atoms with Gasteiger partial charge < -0.3 is 15.2 Å². The molecule has 0 saturated heterocycles. The van der Waals surface area contributed by atoms with Crippen LogP contribution in [0.25, 0.3) is 0 Å². The van der Waals surface area contributed by atoms with Gasteiger partial charge in [0.1, 0.15) is 6.61 Å². The zero-order chi connectivity index (χ0) is 17.2. The Hall–Kier alpha value is -2.04. The highest BCUT2D eigenvalue weighted by Crippen LogP contribution is 2.43. The molecule has 0 spiro atoms. The number of carbonyl (C=O) groups excluding carboxylic acids is 1. The Bertz CT molecular complexity index is 727. The van der Waals surface area contributed by atoms with Gasteiger partial charge in [-0.05, 0) is 29.7 Å². The van der Waals surface area contributed by atoms with E-state index in [0.29, 0.717) is 17.9 Å². The quantitative estimate of drug-likeness (QED) is 0.882. The first-order chi connectivity index (χ1) is 11.5. The van der Waals surface area contributed by atoms with Gasteiger partial charge in [0.05, 0.1) is 5.60 Å². The number of benzene rings is 2. The van der Waals surface area contributed by atoms with E-state index in [1.54, 1.807) is 6.07 Å². The summed E-state index contributed by atoms with van der Waals surface area (Å²) in [6.45, 7) is 2.13. The highest BCUT2D eigenvalue weighted by molar-refractivity contribution is 6.31. The second-order valence-corrected chi connectivity index (χ2v) is 6.66. The molecule has 2 aromatic carbocycles. The van der Waals surface area contributed by atoms with E-state index in [2.05, 4.69) is 5.32 Å². The molecule has 0 bridgehead atoms. The van der Waals surface area contributed by atoms with E-state index in [0.717, 1.165) is 16.7 Å². The van der Waals surface area contributed by atoms with Crippen molar-refractivity contribution in [2.45, 2.75) is 38.0 Å². The molecule has 24 heavy (non-hydrogen) atoms. The zero-order valence-corrected chi connectivity index (χ0v) is 14.2. The fourth-order valence-corrected chi connectivity index (χ4v) is 3.30. The second-order valence-electron chi connectivity index (χ2n) is 6.26. The maximum Gasteiger partial charge on any atom is 0.407 e. The first-order valence-corrected chi connectivity index (χ1v) is 8.31. The minimum absolute atomic E-state index is 0.100. The summed E-state index contributed by atoms with van der Waals surface area (Å²) in [7, 11) is 0. The molecule has 1 aliphatic rings. The van der Waals surface area contributed by atoms with Crippen molar-refractivity contribution in [3.63, 3.8) is 0 Å². The number of hydrogen-bond donors (Lipinski definition) is 2. The second kappa shape index (κ2) is 6.83. The molecule has 0 aliphatic heterocycles. The van der Waals surface area contributed by atoms with Crippen LogP contribution in [0.2, 0.25) is 5.02 Å². The molecule has 2 N–H and O–H groups in total. The number of nitrogens with one attached hydrogen (secondary N) is 1. The van der Waals surface area contributed by atoms with Crippen molar-refractivity contribution in [3.8, 4) is 0 Å². The van der Waals surface area contributed by atoms with E-state index in [4.69, 9.17) is 16.3 Å². The molecule has 2 aromatic rings. The van der Waals surface area contributed by atoms with Crippen molar-refractivity contribution in [1.29, 1.82) is 0 Å². The molecule has 1 aliphatic carbocycles. The fourth-order valence-electron chi connectivity index (χ4n) is 3.12. The van der Waals surface area contributed by atoms with Crippen molar-refractivity contribution in [2.75, 3.05) is 0 Å². The van der Waals surface area contributed by atoms with Gasteiger partial charge in [0.25, 0.3) is 0 Å². The number of hydrogen-bond acceptors (Lipinski definition) is 3. The number of ether oxygens (including phenoxy) is 1. The molecule has 0 radical (unpaired) electrons. The summed E-state index contributed by atoms with van der Waals surface area (Å²) in [6.07, 6.45) is 0.442. The van der Waals surface area contributed by atoms with Crippen LogP contribution in [0, 0.1) is 6.92 Å². The SMILES string of the molecule is Cc1c(Cl)cccc1C1(O)CC(NC(=O)OCc2ccccc2)C1. The molecular weight excluding hydrogens is 326 g/mol. The third-order valence-corrected chi connectivity index (χ3v) is 4.88. The zero-order valence-electron chi connectivity index (χ0n) is 13.5. The van der Waals surface area contributed by atoms with Crippen LogP contribution in [0.5, 0.6) is 0 Å². The third kappa shape index (κ3) is 3.55. The van der Waals surface area contributed by atoms with Gasteiger partial charge in [-0.2, -0.15) is 0 Å². The van der Waals surface area contributed by atoms with Crippen LogP contribution < -0.4 is 5.32 Å². The smallest absolute Gasteiger partial charge is 0.407 e.